The molecule has 0 saturated carbocycles. The average Bonchev–Trinajstić information content (AvgIpc) is 2.49. The Bertz CT molecular complexity index is 193. The van der Waals surface area contributed by atoms with E-state index in [9.17, 15) is 0 Å². The predicted molar refractivity (Wildman–Crippen MR) is 94.6 cm³/mol. The molecule has 20 heavy (non-hydrogen) atoms. The zero-order valence-corrected chi connectivity index (χ0v) is 15.2. The highest BCUT2D eigenvalue weighted by Crippen LogP contribution is 2.15. The largest absolute Gasteiger partial charge is 0.353 e. The first-order chi connectivity index (χ1) is 9.93. The van der Waals surface area contributed by atoms with E-state index >= 15 is 0 Å². The van der Waals surface area contributed by atoms with E-state index in [1.807, 2.05) is 0 Å². The molecule has 1 rings (SSSR count). The summed E-state index contributed by atoms with van der Waals surface area (Å²) in [5.74, 6) is 0. The molecule has 0 aromatic carbocycles. The maximum atomic E-state index is 5.74. The number of alkyl halides is 1. The van der Waals surface area contributed by atoms with Crippen LogP contribution in [0.25, 0.3) is 0 Å². The molecule has 3 heteroatoms. The van der Waals surface area contributed by atoms with Gasteiger partial charge in [-0.3, -0.25) is 0 Å². The monoisotopic (exact) mass is 396 g/mol. The minimum atomic E-state index is 0.103. The summed E-state index contributed by atoms with van der Waals surface area (Å²) in [4.78, 5) is 0. The summed E-state index contributed by atoms with van der Waals surface area (Å²) in [6, 6.07) is 0. The van der Waals surface area contributed by atoms with Crippen LogP contribution in [0.2, 0.25) is 0 Å². The van der Waals surface area contributed by atoms with Crippen molar-refractivity contribution in [2.75, 3.05) is 17.6 Å². The molecule has 1 atom stereocenters. The van der Waals surface area contributed by atoms with Crippen molar-refractivity contribution in [2.45, 2.75) is 89.8 Å². The quantitative estimate of drug-likeness (QED) is 0.220. The summed E-state index contributed by atoms with van der Waals surface area (Å²) in [7, 11) is 0. The van der Waals surface area contributed by atoms with Gasteiger partial charge in [-0.15, -0.1) is 0 Å². The minimum absolute atomic E-state index is 0.103. The van der Waals surface area contributed by atoms with Crippen LogP contribution in [0.3, 0.4) is 0 Å². The molecule has 0 radical (unpaired) electrons. The van der Waals surface area contributed by atoms with E-state index < -0.39 is 0 Å². The summed E-state index contributed by atoms with van der Waals surface area (Å²) in [5.41, 5.74) is 0. The van der Waals surface area contributed by atoms with Gasteiger partial charge in [-0.25, -0.2) is 0 Å². The molecule has 0 aromatic rings. The molecule has 1 aliphatic rings. The van der Waals surface area contributed by atoms with Crippen LogP contribution in [0.4, 0.5) is 0 Å². The number of ether oxygens (including phenoxy) is 2. The van der Waals surface area contributed by atoms with Crippen LogP contribution in [0.1, 0.15) is 83.5 Å². The van der Waals surface area contributed by atoms with Gasteiger partial charge in [0.05, 0.1) is 0 Å². The Hall–Kier alpha value is 0.650. The molecule has 1 aliphatic heterocycles. The van der Waals surface area contributed by atoms with Crippen molar-refractivity contribution in [3.63, 3.8) is 0 Å². The lowest BCUT2D eigenvalue weighted by atomic mass is 10.1. The average molecular weight is 396 g/mol. The summed E-state index contributed by atoms with van der Waals surface area (Å²) in [6.45, 7) is 1.78. The molecule has 2 nitrogen and oxygen atoms in total. The van der Waals surface area contributed by atoms with E-state index in [4.69, 9.17) is 9.47 Å². The Labute approximate surface area is 139 Å². The standard InChI is InChI=1S/C17H33IO2/c18-14-10-7-5-3-1-2-4-6-8-11-15-19-17-13-9-12-16-20-17/h17H,1-16H2/t17-/m1/s1. The van der Waals surface area contributed by atoms with Crippen molar-refractivity contribution < 1.29 is 9.47 Å². The second-order valence-electron chi connectivity index (χ2n) is 5.89. The lowest BCUT2D eigenvalue weighted by Gasteiger charge is -2.22. The highest BCUT2D eigenvalue weighted by molar-refractivity contribution is 14.1. The van der Waals surface area contributed by atoms with E-state index in [1.54, 1.807) is 0 Å². The van der Waals surface area contributed by atoms with Crippen LogP contribution in [-0.2, 0) is 9.47 Å². The third kappa shape index (κ3) is 11.3. The molecule has 0 N–H and O–H groups in total. The van der Waals surface area contributed by atoms with E-state index in [2.05, 4.69) is 22.6 Å². The van der Waals surface area contributed by atoms with Crippen LogP contribution >= 0.6 is 22.6 Å². The van der Waals surface area contributed by atoms with Gasteiger partial charge in [-0.2, -0.15) is 0 Å². The van der Waals surface area contributed by atoms with Crippen LogP contribution in [0, 0.1) is 0 Å². The van der Waals surface area contributed by atoms with Gasteiger partial charge >= 0.3 is 0 Å². The second-order valence-corrected chi connectivity index (χ2v) is 6.97. The van der Waals surface area contributed by atoms with Gasteiger partial charge in [0.25, 0.3) is 0 Å². The first-order valence-corrected chi connectivity index (χ1v) is 10.2. The normalized spacial score (nSPS) is 19.4. The number of hydrogen-bond acceptors (Lipinski definition) is 2. The van der Waals surface area contributed by atoms with Crippen LogP contribution in [-0.4, -0.2) is 23.9 Å². The van der Waals surface area contributed by atoms with E-state index in [0.29, 0.717) is 0 Å². The number of rotatable bonds is 13. The number of unbranched alkanes of at least 4 members (excludes halogenated alkanes) is 9. The van der Waals surface area contributed by atoms with Crippen molar-refractivity contribution in [3.05, 3.63) is 0 Å². The third-order valence-electron chi connectivity index (χ3n) is 3.97. The fourth-order valence-electron chi connectivity index (χ4n) is 2.67. The lowest BCUT2D eigenvalue weighted by molar-refractivity contribution is -0.162. The lowest BCUT2D eigenvalue weighted by Crippen LogP contribution is -2.22. The van der Waals surface area contributed by atoms with Crippen molar-refractivity contribution in [1.29, 1.82) is 0 Å². The van der Waals surface area contributed by atoms with Crippen LogP contribution in [0.5, 0.6) is 0 Å². The molecule has 1 heterocycles. The number of halogens is 1. The number of hydrogen-bond donors (Lipinski definition) is 0. The SMILES string of the molecule is ICCCCCCCCCCCCO[C@H]1CCCCO1. The predicted octanol–water partition coefficient (Wildman–Crippen LogP) is 5.87. The van der Waals surface area contributed by atoms with Gasteiger partial charge in [0, 0.05) is 13.2 Å². The van der Waals surface area contributed by atoms with Crippen molar-refractivity contribution in [1.82, 2.24) is 0 Å². The molecule has 0 aliphatic carbocycles. The Kier molecular flexibility index (Phi) is 13.6. The molecular weight excluding hydrogens is 363 g/mol. The molecule has 0 aromatic heterocycles. The van der Waals surface area contributed by atoms with E-state index in [-0.39, 0.29) is 6.29 Å². The highest BCUT2D eigenvalue weighted by atomic mass is 127. The Morgan fingerprint density at radius 2 is 1.40 bits per heavy atom. The van der Waals surface area contributed by atoms with Gasteiger partial charge in [-0.1, -0.05) is 74.0 Å². The molecular formula is C17H33IO2. The fourth-order valence-corrected chi connectivity index (χ4v) is 3.21. The van der Waals surface area contributed by atoms with Crippen molar-refractivity contribution >= 4 is 22.6 Å². The van der Waals surface area contributed by atoms with Gasteiger partial charge < -0.3 is 9.47 Å². The fraction of sp³-hybridized carbons (Fsp3) is 1.00. The van der Waals surface area contributed by atoms with Crippen molar-refractivity contribution in [2.24, 2.45) is 0 Å². The maximum Gasteiger partial charge on any atom is 0.157 e. The van der Waals surface area contributed by atoms with Gasteiger partial charge in [0.1, 0.15) is 0 Å². The summed E-state index contributed by atoms with van der Waals surface area (Å²) in [6.07, 6.45) is 17.6. The zero-order chi connectivity index (χ0) is 14.3. The minimum Gasteiger partial charge on any atom is -0.353 e. The molecule has 120 valence electrons. The van der Waals surface area contributed by atoms with Gasteiger partial charge in [-0.05, 0) is 36.5 Å². The van der Waals surface area contributed by atoms with Crippen LogP contribution < -0.4 is 0 Å². The molecule has 1 fully saturated rings. The van der Waals surface area contributed by atoms with E-state index in [1.165, 1.54) is 81.5 Å². The van der Waals surface area contributed by atoms with E-state index in [0.717, 1.165) is 19.6 Å². The van der Waals surface area contributed by atoms with Crippen molar-refractivity contribution in [3.8, 4) is 0 Å². The smallest absolute Gasteiger partial charge is 0.157 e. The Balaban J connectivity index is 1.70. The summed E-state index contributed by atoms with van der Waals surface area (Å²) >= 11 is 2.47. The molecule has 0 amide bonds. The first-order valence-electron chi connectivity index (χ1n) is 8.72. The van der Waals surface area contributed by atoms with Gasteiger partial charge in [0.2, 0.25) is 0 Å². The summed E-state index contributed by atoms with van der Waals surface area (Å²) in [5, 5.41) is 0. The molecule has 0 unspecified atom stereocenters. The van der Waals surface area contributed by atoms with Crippen LogP contribution in [0.15, 0.2) is 0 Å². The topological polar surface area (TPSA) is 18.5 Å². The second kappa shape index (κ2) is 14.6. The molecule has 1 saturated heterocycles. The maximum absolute atomic E-state index is 5.74. The first kappa shape index (κ1) is 18.7. The molecule has 0 spiro atoms. The third-order valence-corrected chi connectivity index (χ3v) is 4.73. The summed E-state index contributed by atoms with van der Waals surface area (Å²) < 4.78 is 12.6. The Morgan fingerprint density at radius 1 is 0.800 bits per heavy atom. The highest BCUT2D eigenvalue weighted by Gasteiger charge is 2.13. The Morgan fingerprint density at radius 3 is 1.95 bits per heavy atom. The van der Waals surface area contributed by atoms with Gasteiger partial charge in [0.15, 0.2) is 6.29 Å². The molecule has 0 bridgehead atoms. The zero-order valence-electron chi connectivity index (χ0n) is 13.1.